The van der Waals surface area contributed by atoms with Crippen LogP contribution in [0.15, 0.2) is 0 Å². The molecule has 39 heavy (non-hydrogen) atoms. The summed E-state index contributed by atoms with van der Waals surface area (Å²) in [6.07, 6.45) is 1.17. The Balaban J connectivity index is 5.24. The van der Waals surface area contributed by atoms with Crippen LogP contribution in [0.3, 0.4) is 0 Å². The fraction of sp³-hybridized carbons (Fsp3) is 0.741. The van der Waals surface area contributed by atoms with Gasteiger partial charge in [0.2, 0.25) is 17.7 Å². The molecule has 0 spiro atoms. The molecule has 4 unspecified atom stereocenters. The molecule has 0 aromatic heterocycles. The van der Waals surface area contributed by atoms with Gasteiger partial charge in [-0.2, -0.15) is 0 Å². The molecule has 0 aliphatic rings. The molecular formula is C27H47N5O7. The first-order valence-corrected chi connectivity index (χ1v) is 13.4. The normalized spacial score (nSPS) is 13.9. The molecule has 0 aromatic rings. The molecule has 0 heterocycles. The zero-order valence-electron chi connectivity index (χ0n) is 24.2. The number of carbonyl (C=O) groups excluding carboxylic acids is 7. The molecule has 12 heteroatoms. The minimum absolute atomic E-state index is 0.00498. The zero-order valence-corrected chi connectivity index (χ0v) is 24.2. The highest BCUT2D eigenvalue weighted by atomic mass is 16.2. The summed E-state index contributed by atoms with van der Waals surface area (Å²) in [5.41, 5.74) is 0. The van der Waals surface area contributed by atoms with Crippen molar-refractivity contribution < 1.29 is 33.6 Å². The van der Waals surface area contributed by atoms with Crippen LogP contribution in [0, 0.1) is 0 Å². The van der Waals surface area contributed by atoms with E-state index in [1.165, 1.54) is 27.7 Å². The lowest BCUT2D eigenvalue weighted by Crippen LogP contribution is -2.46. The molecule has 3 amide bonds. The van der Waals surface area contributed by atoms with Crippen molar-refractivity contribution >= 4 is 40.9 Å². The third kappa shape index (κ3) is 19.7. The van der Waals surface area contributed by atoms with Gasteiger partial charge >= 0.3 is 0 Å². The maximum absolute atomic E-state index is 12.8. The van der Waals surface area contributed by atoms with Crippen molar-refractivity contribution in [2.45, 2.75) is 110 Å². The Hall–Kier alpha value is -2.99. The molecule has 0 aliphatic heterocycles. The van der Waals surface area contributed by atoms with Crippen molar-refractivity contribution in [2.24, 2.45) is 0 Å². The molecule has 0 fully saturated rings. The highest BCUT2D eigenvalue weighted by molar-refractivity contribution is 5.86. The Morgan fingerprint density at radius 2 is 0.821 bits per heavy atom. The fourth-order valence-electron chi connectivity index (χ4n) is 4.29. The molecule has 0 aliphatic carbocycles. The number of hydrogen-bond donors (Lipinski definition) is 5. The van der Waals surface area contributed by atoms with Crippen LogP contribution in [0.2, 0.25) is 0 Å². The molecular weight excluding hydrogens is 506 g/mol. The van der Waals surface area contributed by atoms with Gasteiger partial charge < -0.3 is 26.6 Å². The van der Waals surface area contributed by atoms with Gasteiger partial charge in [0, 0.05) is 69.1 Å². The van der Waals surface area contributed by atoms with Crippen molar-refractivity contribution in [2.75, 3.05) is 20.6 Å². The first kappa shape index (κ1) is 36.0. The van der Waals surface area contributed by atoms with Crippen LogP contribution in [0.4, 0.5) is 0 Å². The van der Waals surface area contributed by atoms with Crippen LogP contribution in [-0.4, -0.2) is 85.7 Å². The van der Waals surface area contributed by atoms with E-state index in [4.69, 9.17) is 0 Å². The van der Waals surface area contributed by atoms with Gasteiger partial charge in [-0.05, 0) is 61.2 Å². The van der Waals surface area contributed by atoms with Crippen LogP contribution in [-0.2, 0) is 33.6 Å². The van der Waals surface area contributed by atoms with E-state index in [1.807, 2.05) is 7.05 Å². The number of amides is 3. The van der Waals surface area contributed by atoms with Gasteiger partial charge in [-0.1, -0.05) is 0 Å². The highest BCUT2D eigenvalue weighted by Gasteiger charge is 2.24. The van der Waals surface area contributed by atoms with Crippen molar-refractivity contribution in [3.8, 4) is 0 Å². The molecule has 0 saturated heterocycles. The summed E-state index contributed by atoms with van der Waals surface area (Å²) in [6, 6.07) is -2.30. The SMILES string of the molecule is CNCCCC(CC(C)=O)NC(=O)CC(CC(C)=O)NC(=O)CC(CC(C)=O)NC(=O)CC(CC(C)=O)NC. The summed E-state index contributed by atoms with van der Waals surface area (Å²) in [6.45, 7) is 6.31. The molecule has 0 aromatic carbocycles. The van der Waals surface area contributed by atoms with Gasteiger partial charge in [-0.25, -0.2) is 0 Å². The molecule has 12 nitrogen and oxygen atoms in total. The zero-order chi connectivity index (χ0) is 30.0. The predicted molar refractivity (Wildman–Crippen MR) is 147 cm³/mol. The number of carbonyl (C=O) groups is 7. The number of ketones is 4. The first-order chi connectivity index (χ1) is 18.2. The van der Waals surface area contributed by atoms with Gasteiger partial charge in [-0.3, -0.25) is 33.6 Å². The molecule has 0 rings (SSSR count). The Labute approximate surface area is 231 Å². The van der Waals surface area contributed by atoms with Crippen molar-refractivity contribution in [1.82, 2.24) is 26.6 Å². The largest absolute Gasteiger partial charge is 0.353 e. The van der Waals surface area contributed by atoms with Crippen LogP contribution in [0.5, 0.6) is 0 Å². The number of hydrogen-bond acceptors (Lipinski definition) is 9. The molecule has 0 radical (unpaired) electrons. The number of Topliss-reactive ketones (excluding diaryl/α,β-unsaturated/α-hetero) is 4. The molecule has 0 bridgehead atoms. The summed E-state index contributed by atoms with van der Waals surface area (Å²) in [5.74, 6) is -1.91. The summed E-state index contributed by atoms with van der Waals surface area (Å²) in [4.78, 5) is 84.7. The minimum atomic E-state index is -0.789. The Morgan fingerprint density at radius 1 is 0.487 bits per heavy atom. The second kappa shape index (κ2) is 20.0. The Bertz CT molecular complexity index is 861. The Kier molecular flexibility index (Phi) is 18.5. The minimum Gasteiger partial charge on any atom is -0.353 e. The number of rotatable bonds is 22. The van der Waals surface area contributed by atoms with E-state index >= 15 is 0 Å². The second-order valence-corrected chi connectivity index (χ2v) is 10.3. The van der Waals surface area contributed by atoms with E-state index < -0.39 is 29.8 Å². The topological polar surface area (TPSA) is 180 Å². The molecule has 5 N–H and O–H groups in total. The maximum Gasteiger partial charge on any atom is 0.222 e. The summed E-state index contributed by atoms with van der Waals surface area (Å²) in [7, 11) is 3.45. The van der Waals surface area contributed by atoms with Crippen LogP contribution >= 0.6 is 0 Å². The third-order valence-corrected chi connectivity index (χ3v) is 5.91. The van der Waals surface area contributed by atoms with E-state index in [2.05, 4.69) is 26.6 Å². The second-order valence-electron chi connectivity index (χ2n) is 10.3. The summed E-state index contributed by atoms with van der Waals surface area (Å²) >= 11 is 0. The quantitative estimate of drug-likeness (QED) is 0.116. The lowest BCUT2D eigenvalue weighted by atomic mass is 10.0. The van der Waals surface area contributed by atoms with Gasteiger partial charge in [0.25, 0.3) is 0 Å². The summed E-state index contributed by atoms with van der Waals surface area (Å²) < 4.78 is 0. The van der Waals surface area contributed by atoms with Gasteiger partial charge in [0.1, 0.15) is 23.1 Å². The van der Waals surface area contributed by atoms with Gasteiger partial charge in [0.15, 0.2) is 0 Å². The first-order valence-electron chi connectivity index (χ1n) is 13.4. The van der Waals surface area contributed by atoms with Crippen molar-refractivity contribution in [3.63, 3.8) is 0 Å². The van der Waals surface area contributed by atoms with Crippen LogP contribution in [0.1, 0.15) is 85.5 Å². The fourth-order valence-corrected chi connectivity index (χ4v) is 4.29. The van der Waals surface area contributed by atoms with E-state index in [0.717, 1.165) is 13.0 Å². The average molecular weight is 554 g/mol. The van der Waals surface area contributed by atoms with Crippen molar-refractivity contribution in [3.05, 3.63) is 0 Å². The summed E-state index contributed by atoms with van der Waals surface area (Å²) in [5, 5.41) is 14.1. The lowest BCUT2D eigenvalue weighted by Gasteiger charge is -2.23. The molecule has 4 atom stereocenters. The molecule has 0 saturated carbocycles. The van der Waals surface area contributed by atoms with Gasteiger partial charge in [-0.15, -0.1) is 0 Å². The predicted octanol–water partition coefficient (Wildman–Crippen LogP) is 0.115. The van der Waals surface area contributed by atoms with E-state index in [-0.39, 0.29) is 80.2 Å². The smallest absolute Gasteiger partial charge is 0.222 e. The van der Waals surface area contributed by atoms with E-state index in [1.54, 1.807) is 7.05 Å². The Morgan fingerprint density at radius 3 is 1.18 bits per heavy atom. The average Bonchev–Trinajstić information content (AvgIpc) is 2.76. The molecule has 222 valence electrons. The van der Waals surface area contributed by atoms with Crippen LogP contribution in [0.25, 0.3) is 0 Å². The number of nitrogens with one attached hydrogen (secondary N) is 5. The third-order valence-electron chi connectivity index (χ3n) is 5.91. The highest BCUT2D eigenvalue weighted by Crippen LogP contribution is 2.08. The lowest BCUT2D eigenvalue weighted by molar-refractivity contribution is -0.125. The van der Waals surface area contributed by atoms with E-state index in [9.17, 15) is 33.6 Å². The van der Waals surface area contributed by atoms with Crippen LogP contribution < -0.4 is 26.6 Å². The van der Waals surface area contributed by atoms with Gasteiger partial charge in [0.05, 0.1) is 0 Å². The van der Waals surface area contributed by atoms with E-state index in [0.29, 0.717) is 6.42 Å². The monoisotopic (exact) mass is 553 g/mol. The standard InChI is InChI=1S/C27H47N5O7/c1-17(33)10-21(8-7-9-28-5)30-26(38)15-23(12-19(3)35)32-27(39)16-24(13-20(4)36)31-25(37)14-22(29-6)11-18(2)34/h21-24,28-29H,7-16H2,1-6H3,(H,30,38)(H,31,37)(H,32,39). The van der Waals surface area contributed by atoms with Crippen molar-refractivity contribution in [1.29, 1.82) is 0 Å². The maximum atomic E-state index is 12.8.